The molecule has 0 spiro atoms. The van der Waals surface area contributed by atoms with Crippen LogP contribution < -0.4 is 5.73 Å². The molecule has 1 atom stereocenters. The number of amidine groups is 1. The first-order valence-corrected chi connectivity index (χ1v) is 8.64. The number of unbranched alkanes of at least 4 members (excludes halogenated alkanes) is 1. The third kappa shape index (κ3) is 4.20. The van der Waals surface area contributed by atoms with Crippen LogP contribution in [0.1, 0.15) is 30.9 Å². The lowest BCUT2D eigenvalue weighted by atomic mass is 9.90. The van der Waals surface area contributed by atoms with Gasteiger partial charge in [0.05, 0.1) is 6.61 Å². The summed E-state index contributed by atoms with van der Waals surface area (Å²) >= 11 is 1.86. The lowest BCUT2D eigenvalue weighted by Gasteiger charge is -2.30. The van der Waals surface area contributed by atoms with Gasteiger partial charge in [0.15, 0.2) is 0 Å². The van der Waals surface area contributed by atoms with Gasteiger partial charge in [-0.15, -0.1) is 0 Å². The molecule has 0 saturated carbocycles. The summed E-state index contributed by atoms with van der Waals surface area (Å²) in [6.45, 7) is 2.56. The van der Waals surface area contributed by atoms with Gasteiger partial charge in [-0.2, -0.15) is 11.8 Å². The molecule has 1 aromatic rings. The van der Waals surface area contributed by atoms with Crippen LogP contribution in [-0.4, -0.2) is 31.1 Å². The van der Waals surface area contributed by atoms with Crippen molar-refractivity contribution in [2.45, 2.75) is 31.7 Å². The molecule has 0 aromatic heterocycles. The largest absolute Gasteiger partial charge is 0.386 e. The van der Waals surface area contributed by atoms with E-state index in [0.717, 1.165) is 18.4 Å². The van der Waals surface area contributed by atoms with Crippen molar-refractivity contribution in [2.75, 3.05) is 25.2 Å². The van der Waals surface area contributed by atoms with E-state index in [2.05, 4.69) is 11.2 Å². The zero-order valence-corrected chi connectivity index (χ0v) is 13.5. The maximum Gasteiger partial charge on any atom is 0.128 e. The minimum atomic E-state index is -0.721. The van der Waals surface area contributed by atoms with Crippen LogP contribution in [0.2, 0.25) is 0 Å². The Balaban J connectivity index is 2.17. The molecule has 0 radical (unpaired) electrons. The zero-order chi connectivity index (χ0) is 15.3. The zero-order valence-electron chi connectivity index (χ0n) is 12.7. The van der Waals surface area contributed by atoms with Crippen molar-refractivity contribution in [3.8, 4) is 0 Å². The molecule has 0 saturated heterocycles. The molecule has 5 heteroatoms. The number of benzene rings is 1. The average Bonchev–Trinajstić information content (AvgIpc) is 2.45. The molecular weight excluding hydrogens is 287 g/mol. The molecule has 0 amide bonds. The van der Waals surface area contributed by atoms with Crippen molar-refractivity contribution in [1.29, 1.82) is 0 Å². The number of aliphatic imine (C=N–C) groups is 1. The number of ether oxygens (including phenoxy) is 1. The normalized spacial score (nSPS) is 22.1. The number of thioether (sulfide) groups is 1. The maximum atomic E-state index is 14.2. The van der Waals surface area contributed by atoms with Gasteiger partial charge in [-0.3, -0.25) is 4.99 Å². The highest BCUT2D eigenvalue weighted by Crippen LogP contribution is 2.31. The Labute approximate surface area is 130 Å². The Morgan fingerprint density at radius 3 is 2.95 bits per heavy atom. The summed E-state index contributed by atoms with van der Waals surface area (Å²) in [6.07, 6.45) is 5.37. The van der Waals surface area contributed by atoms with Crippen LogP contribution in [0.15, 0.2) is 23.2 Å². The number of nitrogens with two attached hydrogens (primary N) is 1. The predicted molar refractivity (Wildman–Crippen MR) is 87.5 cm³/mol. The van der Waals surface area contributed by atoms with Crippen molar-refractivity contribution in [1.82, 2.24) is 0 Å². The maximum absolute atomic E-state index is 14.2. The fourth-order valence-electron chi connectivity index (χ4n) is 2.59. The molecule has 0 aliphatic carbocycles. The van der Waals surface area contributed by atoms with Gasteiger partial charge >= 0.3 is 0 Å². The molecule has 1 heterocycles. The summed E-state index contributed by atoms with van der Waals surface area (Å²) in [5.41, 5.74) is 6.75. The minimum Gasteiger partial charge on any atom is -0.386 e. The second-order valence-corrected chi connectivity index (χ2v) is 6.62. The summed E-state index contributed by atoms with van der Waals surface area (Å²) in [5.74, 6) is 1.35. The first-order chi connectivity index (χ1) is 10.0. The molecule has 2 rings (SSSR count). The highest BCUT2D eigenvalue weighted by atomic mass is 32.2. The molecule has 3 nitrogen and oxygen atoms in total. The average molecular weight is 310 g/mol. The monoisotopic (exact) mass is 310 g/mol. The highest BCUT2D eigenvalue weighted by Gasteiger charge is 2.32. The first kappa shape index (κ1) is 16.3. The van der Waals surface area contributed by atoms with Gasteiger partial charge in [0.25, 0.3) is 0 Å². The number of hydrogen-bond donors (Lipinski definition) is 1. The molecule has 1 aliphatic rings. The van der Waals surface area contributed by atoms with E-state index in [1.54, 1.807) is 0 Å². The van der Waals surface area contributed by atoms with E-state index in [-0.39, 0.29) is 5.82 Å². The van der Waals surface area contributed by atoms with Gasteiger partial charge in [-0.25, -0.2) is 4.39 Å². The smallest absolute Gasteiger partial charge is 0.128 e. The van der Waals surface area contributed by atoms with Crippen molar-refractivity contribution in [3.05, 3.63) is 35.1 Å². The van der Waals surface area contributed by atoms with Crippen molar-refractivity contribution >= 4 is 17.6 Å². The Hall–Kier alpha value is -1.07. The second-order valence-electron chi connectivity index (χ2n) is 5.63. The van der Waals surface area contributed by atoms with Crippen molar-refractivity contribution in [2.24, 2.45) is 10.7 Å². The van der Waals surface area contributed by atoms with E-state index >= 15 is 0 Å². The number of halogens is 1. The molecule has 2 N–H and O–H groups in total. The van der Waals surface area contributed by atoms with Crippen molar-refractivity contribution < 1.29 is 9.13 Å². The number of nitrogens with zero attached hydrogens (tertiary/aromatic N) is 1. The van der Waals surface area contributed by atoms with Crippen LogP contribution in [0.3, 0.4) is 0 Å². The fraction of sp³-hybridized carbons (Fsp3) is 0.562. The second kappa shape index (κ2) is 7.27. The topological polar surface area (TPSA) is 47.6 Å². The van der Waals surface area contributed by atoms with Crippen LogP contribution in [-0.2, 0) is 16.7 Å². The van der Waals surface area contributed by atoms with E-state index in [4.69, 9.17) is 10.5 Å². The Morgan fingerprint density at radius 2 is 2.24 bits per heavy atom. The number of aryl methyl sites for hydroxylation is 1. The van der Waals surface area contributed by atoms with Gasteiger partial charge < -0.3 is 10.5 Å². The molecule has 116 valence electrons. The first-order valence-electron chi connectivity index (χ1n) is 7.25. The quantitative estimate of drug-likeness (QED) is 0.821. The van der Waals surface area contributed by atoms with E-state index < -0.39 is 5.54 Å². The SMILES string of the molecule is CSCCCCc1ccc(F)c([C@]2(C)COCC(N)=N2)c1. The lowest BCUT2D eigenvalue weighted by molar-refractivity contribution is 0.104. The highest BCUT2D eigenvalue weighted by molar-refractivity contribution is 7.98. The summed E-state index contributed by atoms with van der Waals surface area (Å²) in [6, 6.07) is 5.31. The standard InChI is InChI=1S/C16H23FN2OS/c1-16(11-20-10-15(18)19-16)13-9-12(6-7-14(13)17)5-3-4-8-21-2/h6-7,9H,3-5,8,10-11H2,1-2H3,(H2,18,19)/t16-/m0/s1. The molecule has 21 heavy (non-hydrogen) atoms. The van der Waals surface area contributed by atoms with E-state index in [1.807, 2.05) is 30.8 Å². The molecule has 0 bridgehead atoms. The summed E-state index contributed by atoms with van der Waals surface area (Å²) in [7, 11) is 0. The van der Waals surface area contributed by atoms with Gasteiger partial charge in [0, 0.05) is 5.56 Å². The molecular formula is C16H23FN2OS. The van der Waals surface area contributed by atoms with Crippen LogP contribution in [0.5, 0.6) is 0 Å². The molecule has 1 aromatic carbocycles. The van der Waals surface area contributed by atoms with Crippen LogP contribution in [0, 0.1) is 5.82 Å². The van der Waals surface area contributed by atoms with Crippen LogP contribution in [0.25, 0.3) is 0 Å². The van der Waals surface area contributed by atoms with Crippen LogP contribution >= 0.6 is 11.8 Å². The molecule has 1 aliphatic heterocycles. The third-order valence-electron chi connectivity index (χ3n) is 3.70. The van der Waals surface area contributed by atoms with Crippen LogP contribution in [0.4, 0.5) is 4.39 Å². The van der Waals surface area contributed by atoms with E-state index in [9.17, 15) is 4.39 Å². The number of hydrogen-bond acceptors (Lipinski definition) is 4. The van der Waals surface area contributed by atoms with Crippen molar-refractivity contribution in [3.63, 3.8) is 0 Å². The Morgan fingerprint density at radius 1 is 1.43 bits per heavy atom. The Kier molecular flexibility index (Phi) is 5.65. The fourth-order valence-corrected chi connectivity index (χ4v) is 3.08. The molecule has 0 unspecified atom stereocenters. The Bertz CT molecular complexity index is 521. The van der Waals surface area contributed by atoms with E-state index in [1.165, 1.54) is 18.2 Å². The summed E-state index contributed by atoms with van der Waals surface area (Å²) < 4.78 is 19.6. The van der Waals surface area contributed by atoms with E-state index in [0.29, 0.717) is 24.6 Å². The van der Waals surface area contributed by atoms with Gasteiger partial charge in [-0.1, -0.05) is 12.1 Å². The number of rotatable bonds is 6. The predicted octanol–water partition coefficient (Wildman–Crippen LogP) is 3.11. The van der Waals surface area contributed by atoms with Gasteiger partial charge in [0.2, 0.25) is 0 Å². The third-order valence-corrected chi connectivity index (χ3v) is 4.40. The lowest BCUT2D eigenvalue weighted by Crippen LogP contribution is -2.38. The molecule has 0 fully saturated rings. The van der Waals surface area contributed by atoms with Gasteiger partial charge in [0.1, 0.15) is 23.8 Å². The summed E-state index contributed by atoms with van der Waals surface area (Å²) in [4.78, 5) is 4.42. The summed E-state index contributed by atoms with van der Waals surface area (Å²) in [5, 5.41) is 0. The van der Waals surface area contributed by atoms with Gasteiger partial charge in [-0.05, 0) is 49.8 Å². The minimum absolute atomic E-state index is 0.243.